The summed E-state index contributed by atoms with van der Waals surface area (Å²) in [4.78, 5) is 8.45. The third kappa shape index (κ3) is 3.07. The van der Waals surface area contributed by atoms with Crippen LogP contribution in [0, 0.1) is 0 Å². The smallest absolute Gasteiger partial charge is 0.0801 e. The van der Waals surface area contributed by atoms with E-state index in [-0.39, 0.29) is 6.04 Å². The zero-order valence-corrected chi connectivity index (χ0v) is 12.2. The van der Waals surface area contributed by atoms with Gasteiger partial charge < -0.3 is 5.32 Å². The molecule has 0 saturated heterocycles. The molecular weight excluding hydrogens is 314 g/mol. The van der Waals surface area contributed by atoms with Gasteiger partial charge >= 0.3 is 0 Å². The number of benzene rings is 1. The number of aromatic nitrogens is 2. The standard InChI is InChI=1S/C13H13BrClN3/c1-2-17-13(12-8-16-5-6-18-12)9-3-4-10(14)11(15)7-9/h3-8,13,17H,2H2,1H3. The van der Waals surface area contributed by atoms with Crippen LogP contribution >= 0.6 is 27.5 Å². The topological polar surface area (TPSA) is 37.8 Å². The Balaban J connectivity index is 2.38. The quantitative estimate of drug-likeness (QED) is 0.933. The molecule has 0 fully saturated rings. The molecule has 0 aliphatic carbocycles. The van der Waals surface area contributed by atoms with Gasteiger partial charge in [-0.1, -0.05) is 24.6 Å². The van der Waals surface area contributed by atoms with Crippen LogP contribution in [0.4, 0.5) is 0 Å². The Morgan fingerprint density at radius 2 is 2.22 bits per heavy atom. The van der Waals surface area contributed by atoms with Gasteiger partial charge in [0.1, 0.15) is 0 Å². The number of rotatable bonds is 4. The van der Waals surface area contributed by atoms with Crippen LogP contribution < -0.4 is 5.32 Å². The summed E-state index contributed by atoms with van der Waals surface area (Å²) in [5, 5.41) is 4.08. The Bertz CT molecular complexity index is 519. The van der Waals surface area contributed by atoms with E-state index in [1.165, 1.54) is 0 Å². The molecule has 0 amide bonds. The summed E-state index contributed by atoms with van der Waals surface area (Å²) in [7, 11) is 0. The van der Waals surface area contributed by atoms with Crippen LogP contribution in [0.25, 0.3) is 0 Å². The molecule has 0 aliphatic rings. The molecule has 0 radical (unpaired) electrons. The van der Waals surface area contributed by atoms with E-state index in [0.717, 1.165) is 22.3 Å². The Kier molecular flexibility index (Phi) is 4.69. The summed E-state index contributed by atoms with van der Waals surface area (Å²) < 4.78 is 0.891. The lowest BCUT2D eigenvalue weighted by Crippen LogP contribution is -2.23. The first-order valence-corrected chi connectivity index (χ1v) is 6.83. The molecular formula is C13H13BrClN3. The van der Waals surface area contributed by atoms with Gasteiger partial charge in [-0.05, 0) is 40.2 Å². The van der Waals surface area contributed by atoms with Gasteiger partial charge in [-0.2, -0.15) is 0 Å². The Morgan fingerprint density at radius 1 is 1.39 bits per heavy atom. The van der Waals surface area contributed by atoms with Crippen LogP contribution in [-0.2, 0) is 0 Å². The van der Waals surface area contributed by atoms with Crippen LogP contribution in [0.2, 0.25) is 5.02 Å². The molecule has 1 atom stereocenters. The maximum absolute atomic E-state index is 6.13. The fourth-order valence-corrected chi connectivity index (χ4v) is 2.18. The van der Waals surface area contributed by atoms with E-state index in [0.29, 0.717) is 5.02 Å². The number of hydrogen-bond donors (Lipinski definition) is 1. The number of nitrogens with one attached hydrogen (secondary N) is 1. The second-order valence-electron chi connectivity index (χ2n) is 3.79. The zero-order chi connectivity index (χ0) is 13.0. The molecule has 1 aromatic carbocycles. The van der Waals surface area contributed by atoms with Crippen molar-refractivity contribution in [1.29, 1.82) is 0 Å². The van der Waals surface area contributed by atoms with Gasteiger partial charge in [0.2, 0.25) is 0 Å². The molecule has 1 unspecified atom stereocenters. The molecule has 0 spiro atoms. The normalized spacial score (nSPS) is 12.4. The minimum absolute atomic E-state index is 0.00861. The van der Waals surface area contributed by atoms with Gasteiger partial charge in [0.15, 0.2) is 0 Å². The van der Waals surface area contributed by atoms with Crippen LogP contribution in [0.5, 0.6) is 0 Å². The van der Waals surface area contributed by atoms with E-state index >= 15 is 0 Å². The SMILES string of the molecule is CCNC(c1ccc(Br)c(Cl)c1)c1cnccn1. The molecule has 1 N–H and O–H groups in total. The van der Waals surface area contributed by atoms with Gasteiger partial charge in [-0.3, -0.25) is 9.97 Å². The van der Waals surface area contributed by atoms with Crippen LogP contribution in [-0.4, -0.2) is 16.5 Å². The fourth-order valence-electron chi connectivity index (χ4n) is 1.75. The van der Waals surface area contributed by atoms with E-state index < -0.39 is 0 Å². The third-order valence-electron chi connectivity index (χ3n) is 2.56. The van der Waals surface area contributed by atoms with Crippen molar-refractivity contribution < 1.29 is 0 Å². The zero-order valence-electron chi connectivity index (χ0n) is 9.90. The van der Waals surface area contributed by atoms with Crippen LogP contribution in [0.15, 0.2) is 41.3 Å². The molecule has 2 rings (SSSR count). The molecule has 1 heterocycles. The van der Waals surface area contributed by atoms with E-state index in [1.54, 1.807) is 18.6 Å². The lowest BCUT2D eigenvalue weighted by Gasteiger charge is -2.18. The van der Waals surface area contributed by atoms with Gasteiger partial charge in [0.05, 0.1) is 23.0 Å². The molecule has 1 aromatic heterocycles. The first kappa shape index (κ1) is 13.5. The molecule has 0 saturated carbocycles. The molecule has 18 heavy (non-hydrogen) atoms. The van der Waals surface area contributed by atoms with Crippen molar-refractivity contribution >= 4 is 27.5 Å². The van der Waals surface area contributed by atoms with Crippen molar-refractivity contribution in [3.8, 4) is 0 Å². The first-order valence-electron chi connectivity index (χ1n) is 5.66. The molecule has 2 aromatic rings. The van der Waals surface area contributed by atoms with Gasteiger partial charge in [0, 0.05) is 16.9 Å². The molecule has 5 heteroatoms. The third-order valence-corrected chi connectivity index (χ3v) is 3.80. The predicted molar refractivity (Wildman–Crippen MR) is 76.7 cm³/mol. The predicted octanol–water partition coefficient (Wildman–Crippen LogP) is 3.59. The monoisotopic (exact) mass is 325 g/mol. The van der Waals surface area contributed by atoms with Gasteiger partial charge in [0.25, 0.3) is 0 Å². The second-order valence-corrected chi connectivity index (χ2v) is 5.06. The number of nitrogens with zero attached hydrogens (tertiary/aromatic N) is 2. The highest BCUT2D eigenvalue weighted by atomic mass is 79.9. The summed E-state index contributed by atoms with van der Waals surface area (Å²) in [5.74, 6) is 0. The van der Waals surface area contributed by atoms with Crippen LogP contribution in [0.3, 0.4) is 0 Å². The summed E-state index contributed by atoms with van der Waals surface area (Å²) in [6.45, 7) is 2.90. The number of halogens is 2. The maximum atomic E-state index is 6.13. The minimum atomic E-state index is 0.00861. The first-order chi connectivity index (χ1) is 8.72. The average molecular weight is 327 g/mol. The average Bonchev–Trinajstić information content (AvgIpc) is 2.40. The second kappa shape index (κ2) is 6.27. The van der Waals surface area contributed by atoms with Crippen molar-refractivity contribution in [1.82, 2.24) is 15.3 Å². The maximum Gasteiger partial charge on any atom is 0.0801 e. The minimum Gasteiger partial charge on any atom is -0.305 e. The highest BCUT2D eigenvalue weighted by Gasteiger charge is 2.15. The van der Waals surface area contributed by atoms with Crippen molar-refractivity contribution in [2.45, 2.75) is 13.0 Å². The van der Waals surface area contributed by atoms with E-state index in [4.69, 9.17) is 11.6 Å². The van der Waals surface area contributed by atoms with Gasteiger partial charge in [-0.25, -0.2) is 0 Å². The highest BCUT2D eigenvalue weighted by molar-refractivity contribution is 9.10. The molecule has 94 valence electrons. The Morgan fingerprint density at radius 3 is 2.83 bits per heavy atom. The van der Waals surface area contributed by atoms with Gasteiger partial charge in [-0.15, -0.1) is 0 Å². The van der Waals surface area contributed by atoms with Crippen molar-refractivity contribution in [3.63, 3.8) is 0 Å². The summed E-state index contributed by atoms with van der Waals surface area (Å²) >= 11 is 9.53. The lowest BCUT2D eigenvalue weighted by molar-refractivity contribution is 0.612. The molecule has 0 bridgehead atoms. The van der Waals surface area contributed by atoms with E-state index in [9.17, 15) is 0 Å². The van der Waals surface area contributed by atoms with Crippen LogP contribution in [0.1, 0.15) is 24.2 Å². The van der Waals surface area contributed by atoms with Crippen molar-refractivity contribution in [2.75, 3.05) is 6.54 Å². The summed E-state index contributed by atoms with van der Waals surface area (Å²) in [6, 6.07) is 5.92. The Hall–Kier alpha value is -0.970. The highest BCUT2D eigenvalue weighted by Crippen LogP contribution is 2.28. The summed E-state index contributed by atoms with van der Waals surface area (Å²) in [6.07, 6.45) is 5.13. The molecule has 0 aliphatic heterocycles. The van der Waals surface area contributed by atoms with E-state index in [1.807, 2.05) is 18.2 Å². The van der Waals surface area contributed by atoms with E-state index in [2.05, 4.69) is 38.1 Å². The molecule has 3 nitrogen and oxygen atoms in total. The largest absolute Gasteiger partial charge is 0.305 e. The van der Waals surface area contributed by atoms with Crippen molar-refractivity contribution in [2.24, 2.45) is 0 Å². The fraction of sp³-hybridized carbons (Fsp3) is 0.231. The Labute approximate surface area is 120 Å². The van der Waals surface area contributed by atoms with Crippen molar-refractivity contribution in [3.05, 3.63) is 57.5 Å². The summed E-state index contributed by atoms with van der Waals surface area (Å²) in [5.41, 5.74) is 1.96. The number of hydrogen-bond acceptors (Lipinski definition) is 3. The lowest BCUT2D eigenvalue weighted by atomic mass is 10.0.